The number of imide groups is 1. The third-order valence-electron chi connectivity index (χ3n) is 7.78. The Bertz CT molecular complexity index is 1830. The third-order valence-corrected chi connectivity index (χ3v) is 7.78. The van der Waals surface area contributed by atoms with E-state index in [2.05, 4.69) is 45.3 Å². The predicted octanol–water partition coefficient (Wildman–Crippen LogP) is 12.2. The number of carbonyl (C=O) groups excluding carboxylic acids is 5. The van der Waals surface area contributed by atoms with Gasteiger partial charge in [0, 0.05) is 46.5 Å². The molecule has 1 heterocycles. The Morgan fingerprint density at radius 2 is 0.855 bits per heavy atom. The molecule has 0 atom stereocenters. The molecule has 0 saturated heterocycles. The highest BCUT2D eigenvalue weighted by atomic mass is 16.2. The Morgan fingerprint density at radius 1 is 0.468 bits per heavy atom. The van der Waals surface area contributed by atoms with Crippen LogP contribution < -0.4 is 21.3 Å². The van der Waals surface area contributed by atoms with Gasteiger partial charge in [-0.05, 0) is 42.3 Å². The van der Waals surface area contributed by atoms with Gasteiger partial charge in [-0.3, -0.25) is 34.3 Å². The highest BCUT2D eigenvalue weighted by Gasteiger charge is 2.24. The molecule has 0 aliphatic heterocycles. The molecule has 4 N–H and O–H groups in total. The summed E-state index contributed by atoms with van der Waals surface area (Å²) in [4.78, 5) is 61.6. The number of anilines is 1. The lowest BCUT2D eigenvalue weighted by molar-refractivity contribution is -0.129. The number of benzene rings is 3. The summed E-state index contributed by atoms with van der Waals surface area (Å²) in [6, 6.07) is 30.4. The number of aromatic nitrogens is 1. The molecule has 0 saturated carbocycles. The van der Waals surface area contributed by atoms with E-state index in [4.69, 9.17) is 0 Å². The molecule has 0 aliphatic rings. The quantitative estimate of drug-likeness (QED) is 0.152. The van der Waals surface area contributed by atoms with E-state index < -0.39 is 5.41 Å². The van der Waals surface area contributed by atoms with Crippen LogP contribution in [-0.2, 0) is 32.3 Å². The van der Waals surface area contributed by atoms with Gasteiger partial charge in [0.2, 0.25) is 23.6 Å². The minimum atomic E-state index is -0.551. The molecule has 0 spiro atoms. The first-order valence-corrected chi connectivity index (χ1v) is 19.1. The van der Waals surface area contributed by atoms with Crippen LogP contribution in [0, 0.1) is 28.6 Å². The van der Waals surface area contributed by atoms with Crippen LogP contribution in [0.4, 0.5) is 5.69 Å². The molecule has 10 heteroatoms. The summed E-state index contributed by atoms with van der Waals surface area (Å²) in [5, 5.41) is 11.0. The fourth-order valence-corrected chi connectivity index (χ4v) is 3.90. The maximum absolute atomic E-state index is 11.6. The number of nitrogens with one attached hydrogen (secondary N) is 4. The summed E-state index contributed by atoms with van der Waals surface area (Å²) >= 11 is 0. The average molecular weight is 860 g/mol. The summed E-state index contributed by atoms with van der Waals surface area (Å²) in [5.74, 6) is -0.447. The zero-order valence-corrected chi connectivity index (χ0v) is 36.3. The zero-order valence-electron chi connectivity index (χ0n) is 36.3. The monoisotopic (exact) mass is 860 g/mol. The van der Waals surface area contributed by atoms with Crippen molar-refractivity contribution in [2.75, 3.05) is 5.32 Å². The number of rotatable bonds is 6. The van der Waals surface area contributed by atoms with Crippen molar-refractivity contribution < 1.29 is 24.0 Å². The van der Waals surface area contributed by atoms with Gasteiger partial charge in [-0.25, -0.2) is 0 Å². The topological polar surface area (TPSA) is 146 Å². The first-order chi connectivity index (χ1) is 26.3. The minimum absolute atomic E-state index is 0. The molecule has 0 unspecified atom stereocenters. The Hall–Kier alpha value is -5.64. The lowest BCUT2D eigenvalue weighted by Crippen LogP contribution is -2.38. The highest BCUT2D eigenvalue weighted by Crippen LogP contribution is 2.17. The van der Waals surface area contributed by atoms with Crippen molar-refractivity contribution in [3.63, 3.8) is 0 Å². The molecule has 10 nitrogen and oxygen atoms in total. The fraction of sp³-hybridized carbons (Fsp3) is 0.462. The van der Waals surface area contributed by atoms with Crippen molar-refractivity contribution in [2.45, 2.75) is 140 Å². The van der Waals surface area contributed by atoms with Gasteiger partial charge >= 0.3 is 0 Å². The number of aryl methyl sites for hydroxylation is 1. The largest absolute Gasteiger partial charge is 0.352 e. The van der Waals surface area contributed by atoms with Crippen LogP contribution >= 0.6 is 0 Å². The van der Waals surface area contributed by atoms with Crippen molar-refractivity contribution in [1.29, 1.82) is 0 Å². The van der Waals surface area contributed by atoms with Crippen LogP contribution in [-0.4, -0.2) is 34.5 Å². The molecule has 5 amide bonds. The van der Waals surface area contributed by atoms with Crippen molar-refractivity contribution >= 4 is 35.2 Å². The Morgan fingerprint density at radius 3 is 1.23 bits per heavy atom. The molecule has 62 heavy (non-hydrogen) atoms. The van der Waals surface area contributed by atoms with Crippen LogP contribution in [0.2, 0.25) is 0 Å². The maximum Gasteiger partial charge on any atom is 0.257 e. The lowest BCUT2D eigenvalue weighted by atomic mass is 9.95. The van der Waals surface area contributed by atoms with Crippen LogP contribution in [0.1, 0.15) is 147 Å². The fourth-order valence-electron chi connectivity index (χ4n) is 3.90. The van der Waals surface area contributed by atoms with E-state index in [9.17, 15) is 24.0 Å². The molecule has 4 aromatic rings. The van der Waals surface area contributed by atoms with E-state index in [0.717, 1.165) is 16.8 Å². The number of hydrogen-bond acceptors (Lipinski definition) is 6. The average Bonchev–Trinajstić information content (AvgIpc) is 3.14. The molecule has 3 aromatic carbocycles. The Labute approximate surface area is 377 Å². The number of carbonyl (C=O) groups is 5. The van der Waals surface area contributed by atoms with Gasteiger partial charge in [-0.1, -0.05) is 199 Å². The second-order valence-corrected chi connectivity index (χ2v) is 17.7. The Balaban J connectivity index is -0.000000227. The van der Waals surface area contributed by atoms with Gasteiger partial charge in [0.15, 0.2) is 0 Å². The smallest absolute Gasteiger partial charge is 0.257 e. The van der Waals surface area contributed by atoms with Gasteiger partial charge in [0.25, 0.3) is 5.91 Å². The predicted molar refractivity (Wildman–Crippen MR) is 265 cm³/mol. The van der Waals surface area contributed by atoms with Crippen molar-refractivity contribution in [3.05, 3.63) is 132 Å². The SMILES string of the molecule is C.C.C.C.C.CC(C)(C)C(=O)NC(=O)c1ccccc1.CC(C)(C)C(=O)NCc1ccccc1.CC(C)(C)C(=O)Nc1cccnc1.Cc1ccc(CNC(=O)C(C)(C)C)cc1. The molecule has 0 bridgehead atoms. The second-order valence-electron chi connectivity index (χ2n) is 17.7. The summed E-state index contributed by atoms with van der Waals surface area (Å²) in [5.41, 5.74) is 3.20. The zero-order chi connectivity index (χ0) is 43.5. The number of nitrogens with zero attached hydrogens (tertiary/aromatic N) is 1. The van der Waals surface area contributed by atoms with E-state index in [1.54, 1.807) is 63.5 Å². The van der Waals surface area contributed by atoms with E-state index in [1.807, 2.05) is 117 Å². The van der Waals surface area contributed by atoms with Crippen LogP contribution in [0.3, 0.4) is 0 Å². The molecular weight excluding hydrogens is 775 g/mol. The van der Waals surface area contributed by atoms with Gasteiger partial charge in [0.1, 0.15) is 0 Å². The van der Waals surface area contributed by atoms with Crippen molar-refractivity contribution in [1.82, 2.24) is 20.9 Å². The lowest BCUT2D eigenvalue weighted by Gasteiger charge is -2.17. The Kier molecular flexibility index (Phi) is 32.1. The minimum Gasteiger partial charge on any atom is -0.352 e. The third kappa shape index (κ3) is 28.0. The van der Waals surface area contributed by atoms with Gasteiger partial charge < -0.3 is 16.0 Å². The second kappa shape index (κ2) is 30.4. The molecule has 0 fully saturated rings. The summed E-state index contributed by atoms with van der Waals surface area (Å²) in [6.07, 6.45) is 3.30. The van der Waals surface area contributed by atoms with Gasteiger partial charge in [-0.2, -0.15) is 0 Å². The van der Waals surface area contributed by atoms with E-state index in [-0.39, 0.29) is 82.9 Å². The first kappa shape index (κ1) is 65.5. The molecule has 0 aliphatic carbocycles. The normalized spacial score (nSPS) is 10.1. The van der Waals surface area contributed by atoms with Crippen molar-refractivity contribution in [3.8, 4) is 0 Å². The standard InChI is InChI=1S/C13H19NO.C12H15NO2.C12H17NO.C10H14N2O.5CH4/c1-10-5-7-11(8-6-10)9-14-12(15)13(2,3)4;1-12(2,3)11(15)13-10(14)9-7-5-4-6-8-9;1-12(2,3)11(14)13-9-10-7-5-4-6-8-10;1-10(2,3)9(13)12-8-5-4-6-11-7-8;;;;;/h5-8H,9H2,1-4H3,(H,14,15);4-8H,1-3H3,(H,13,14,15);4-8H,9H2,1-3H3,(H,13,14);4-7H,1-3H3,(H,12,13);5*1H4. The molecule has 4 rings (SSSR count). The first-order valence-electron chi connectivity index (χ1n) is 19.1. The van der Waals surface area contributed by atoms with E-state index in [0.29, 0.717) is 18.7 Å². The number of pyridine rings is 1. The van der Waals surface area contributed by atoms with Crippen LogP contribution in [0.15, 0.2) is 109 Å². The van der Waals surface area contributed by atoms with E-state index >= 15 is 0 Å². The van der Waals surface area contributed by atoms with Crippen LogP contribution in [0.5, 0.6) is 0 Å². The van der Waals surface area contributed by atoms with Gasteiger partial charge in [0.05, 0.1) is 11.9 Å². The maximum atomic E-state index is 11.6. The molecule has 0 radical (unpaired) electrons. The summed E-state index contributed by atoms with van der Waals surface area (Å²) < 4.78 is 0. The van der Waals surface area contributed by atoms with Crippen LogP contribution in [0.25, 0.3) is 0 Å². The van der Waals surface area contributed by atoms with Gasteiger partial charge in [-0.15, -0.1) is 0 Å². The molecular formula is C52H85N5O5. The highest BCUT2D eigenvalue weighted by molar-refractivity contribution is 6.05. The summed E-state index contributed by atoms with van der Waals surface area (Å²) in [7, 11) is 0. The van der Waals surface area contributed by atoms with Crippen molar-refractivity contribution in [2.24, 2.45) is 21.7 Å². The number of hydrogen-bond donors (Lipinski definition) is 4. The number of amides is 5. The molecule has 348 valence electrons. The molecule has 1 aromatic heterocycles. The summed E-state index contributed by atoms with van der Waals surface area (Å²) in [6.45, 7) is 25.7. The van der Waals surface area contributed by atoms with E-state index in [1.165, 1.54) is 5.56 Å².